The zero-order valence-corrected chi connectivity index (χ0v) is 13.6. The van der Waals surface area contributed by atoms with Gasteiger partial charge in [0.25, 0.3) is 0 Å². The van der Waals surface area contributed by atoms with Crippen molar-refractivity contribution in [1.29, 1.82) is 0 Å². The van der Waals surface area contributed by atoms with Gasteiger partial charge in [-0.25, -0.2) is 4.98 Å². The molecular formula is C16H23N5O2. The lowest BCUT2D eigenvalue weighted by molar-refractivity contribution is -0.119. The second-order valence-corrected chi connectivity index (χ2v) is 6.05. The molecule has 0 aliphatic carbocycles. The van der Waals surface area contributed by atoms with Crippen LogP contribution >= 0.6 is 0 Å². The predicted octanol–water partition coefficient (Wildman–Crippen LogP) is 1.38. The highest BCUT2D eigenvalue weighted by atomic mass is 16.5. The van der Waals surface area contributed by atoms with E-state index in [4.69, 9.17) is 10.5 Å². The highest BCUT2D eigenvalue weighted by Gasteiger charge is 2.23. The van der Waals surface area contributed by atoms with Gasteiger partial charge in [-0.3, -0.25) is 4.79 Å². The molecule has 1 aliphatic rings. The van der Waals surface area contributed by atoms with Crippen LogP contribution in [0.3, 0.4) is 0 Å². The van der Waals surface area contributed by atoms with Gasteiger partial charge in [-0.2, -0.15) is 0 Å². The second kappa shape index (κ2) is 6.55. The Morgan fingerprint density at radius 2 is 2.43 bits per heavy atom. The van der Waals surface area contributed by atoms with Crippen LogP contribution in [0.4, 0.5) is 11.4 Å². The van der Waals surface area contributed by atoms with Crippen LogP contribution in [0.2, 0.25) is 0 Å². The Kier molecular flexibility index (Phi) is 4.49. The molecule has 3 rings (SSSR count). The number of ether oxygens (including phenoxy) is 1. The molecule has 0 unspecified atom stereocenters. The lowest BCUT2D eigenvalue weighted by Gasteiger charge is -2.34. The van der Waals surface area contributed by atoms with E-state index < -0.39 is 0 Å². The fraction of sp³-hybridized carbons (Fsp3) is 0.500. The number of nitrogens with zero attached hydrogens (tertiary/aromatic N) is 2. The smallest absolute Gasteiger partial charge is 0.250 e. The van der Waals surface area contributed by atoms with E-state index in [0.717, 1.165) is 53.9 Å². The molecule has 0 bridgehead atoms. The molecule has 1 atom stereocenters. The number of anilines is 2. The number of aromatic nitrogens is 2. The van der Waals surface area contributed by atoms with Gasteiger partial charge in [0.1, 0.15) is 12.3 Å². The normalized spacial score (nSPS) is 18.4. The van der Waals surface area contributed by atoms with Crippen LogP contribution < -0.4 is 16.0 Å². The van der Waals surface area contributed by atoms with Crippen LogP contribution in [0.1, 0.15) is 18.4 Å². The number of carbonyl (C=O) groups excluding carboxylic acids is 1. The molecule has 0 aromatic carbocycles. The predicted molar refractivity (Wildman–Crippen MR) is 90.8 cm³/mol. The number of amides is 1. The summed E-state index contributed by atoms with van der Waals surface area (Å²) in [5, 5.41) is 3.82. The zero-order chi connectivity index (χ0) is 16.4. The number of rotatable bonds is 4. The first-order valence-electron chi connectivity index (χ1n) is 7.86. The number of nitrogens with one attached hydrogen (secondary N) is 2. The number of H-pyrrole nitrogens is 1. The lowest BCUT2D eigenvalue weighted by atomic mass is 10.0. The lowest BCUT2D eigenvalue weighted by Crippen LogP contribution is -2.43. The average Bonchev–Trinajstić information content (AvgIpc) is 2.90. The van der Waals surface area contributed by atoms with E-state index in [-0.39, 0.29) is 18.6 Å². The minimum atomic E-state index is -0.184. The standard InChI is InChI=1S/C16H23N5O2/c1-10-6-18-16-14(12(7-19-16)20-13(22)9-23-2)15(10)21-5-3-4-11(17)8-21/h6-7,11H,3-5,8-9,17H2,1-2H3,(H,18,19)(H,20,22)/t11-/m1/s1. The Morgan fingerprint density at radius 3 is 3.17 bits per heavy atom. The highest BCUT2D eigenvalue weighted by molar-refractivity contribution is 6.07. The number of pyridine rings is 1. The van der Waals surface area contributed by atoms with Gasteiger partial charge < -0.3 is 25.7 Å². The zero-order valence-electron chi connectivity index (χ0n) is 13.6. The summed E-state index contributed by atoms with van der Waals surface area (Å²) in [5.74, 6) is -0.184. The summed E-state index contributed by atoms with van der Waals surface area (Å²) in [6.45, 7) is 3.84. The van der Waals surface area contributed by atoms with Gasteiger partial charge in [-0.05, 0) is 25.3 Å². The minimum Gasteiger partial charge on any atom is -0.375 e. The van der Waals surface area contributed by atoms with E-state index in [9.17, 15) is 4.79 Å². The number of hydrogen-bond acceptors (Lipinski definition) is 5. The molecule has 1 fully saturated rings. The Hall–Kier alpha value is -2.12. The molecule has 3 heterocycles. The quantitative estimate of drug-likeness (QED) is 0.792. The van der Waals surface area contributed by atoms with Gasteiger partial charge >= 0.3 is 0 Å². The van der Waals surface area contributed by atoms with Crippen LogP contribution in [-0.4, -0.2) is 48.7 Å². The van der Waals surface area contributed by atoms with E-state index >= 15 is 0 Å². The van der Waals surface area contributed by atoms with Crippen molar-refractivity contribution >= 4 is 28.3 Å². The van der Waals surface area contributed by atoms with E-state index in [1.807, 2.05) is 13.1 Å². The van der Waals surface area contributed by atoms with Crippen molar-refractivity contribution in [3.8, 4) is 0 Å². The third-order valence-corrected chi connectivity index (χ3v) is 4.18. The topological polar surface area (TPSA) is 96.3 Å². The van der Waals surface area contributed by atoms with Crippen molar-refractivity contribution in [2.75, 3.05) is 37.0 Å². The van der Waals surface area contributed by atoms with E-state index in [2.05, 4.69) is 20.2 Å². The van der Waals surface area contributed by atoms with E-state index in [1.54, 1.807) is 6.20 Å². The third-order valence-electron chi connectivity index (χ3n) is 4.18. The first kappa shape index (κ1) is 15.8. The molecular weight excluding hydrogens is 294 g/mol. The van der Waals surface area contributed by atoms with Gasteiger partial charge in [0.05, 0.1) is 16.8 Å². The van der Waals surface area contributed by atoms with Crippen molar-refractivity contribution in [3.63, 3.8) is 0 Å². The van der Waals surface area contributed by atoms with Crippen molar-refractivity contribution in [2.45, 2.75) is 25.8 Å². The monoisotopic (exact) mass is 317 g/mol. The fourth-order valence-corrected chi connectivity index (χ4v) is 3.21. The molecule has 1 saturated heterocycles. The minimum absolute atomic E-state index is 0.0237. The summed E-state index contributed by atoms with van der Waals surface area (Å²) in [6.07, 6.45) is 5.75. The summed E-state index contributed by atoms with van der Waals surface area (Å²) in [7, 11) is 1.50. The highest BCUT2D eigenvalue weighted by Crippen LogP contribution is 2.35. The molecule has 23 heavy (non-hydrogen) atoms. The fourth-order valence-electron chi connectivity index (χ4n) is 3.21. The molecule has 0 radical (unpaired) electrons. The molecule has 2 aromatic rings. The van der Waals surface area contributed by atoms with Gasteiger partial charge in [0.15, 0.2) is 0 Å². The Morgan fingerprint density at radius 1 is 1.61 bits per heavy atom. The average molecular weight is 317 g/mol. The van der Waals surface area contributed by atoms with E-state index in [1.165, 1.54) is 7.11 Å². The van der Waals surface area contributed by atoms with Crippen LogP contribution in [-0.2, 0) is 9.53 Å². The van der Waals surface area contributed by atoms with E-state index in [0.29, 0.717) is 0 Å². The first-order valence-corrected chi connectivity index (χ1v) is 7.86. The van der Waals surface area contributed by atoms with Crippen LogP contribution in [0, 0.1) is 6.92 Å². The SMILES string of the molecule is COCC(=O)Nc1c[nH]c2ncc(C)c(N3CCC[C@@H](N)C3)c12. The number of piperidine rings is 1. The number of aryl methyl sites for hydroxylation is 1. The summed E-state index contributed by atoms with van der Waals surface area (Å²) in [5.41, 5.74) is 9.80. The third kappa shape index (κ3) is 3.16. The van der Waals surface area contributed by atoms with Crippen LogP contribution in [0.15, 0.2) is 12.4 Å². The molecule has 0 saturated carbocycles. The molecule has 0 spiro atoms. The summed E-state index contributed by atoms with van der Waals surface area (Å²) < 4.78 is 4.88. The maximum Gasteiger partial charge on any atom is 0.250 e. The number of carbonyl (C=O) groups is 1. The van der Waals surface area contributed by atoms with Crippen LogP contribution in [0.25, 0.3) is 11.0 Å². The van der Waals surface area contributed by atoms with Gasteiger partial charge in [0.2, 0.25) is 5.91 Å². The number of aromatic amines is 1. The number of fused-ring (bicyclic) bond motifs is 1. The van der Waals surface area contributed by atoms with Crippen molar-refractivity contribution in [3.05, 3.63) is 18.0 Å². The molecule has 1 amide bonds. The Balaban J connectivity index is 2.03. The summed E-state index contributed by atoms with van der Waals surface area (Å²) in [6, 6.07) is 0.178. The van der Waals surface area contributed by atoms with Crippen molar-refractivity contribution in [2.24, 2.45) is 5.73 Å². The summed E-state index contributed by atoms with van der Waals surface area (Å²) >= 11 is 0. The maximum atomic E-state index is 11.9. The van der Waals surface area contributed by atoms with Crippen molar-refractivity contribution in [1.82, 2.24) is 9.97 Å². The van der Waals surface area contributed by atoms with Gasteiger partial charge in [-0.15, -0.1) is 0 Å². The number of hydrogen-bond donors (Lipinski definition) is 3. The Bertz CT molecular complexity index is 712. The Labute approximate surface area is 135 Å². The number of nitrogens with two attached hydrogens (primary N) is 1. The molecule has 7 nitrogen and oxygen atoms in total. The second-order valence-electron chi connectivity index (χ2n) is 6.05. The summed E-state index contributed by atoms with van der Waals surface area (Å²) in [4.78, 5) is 21.7. The first-order chi connectivity index (χ1) is 11.1. The largest absolute Gasteiger partial charge is 0.375 e. The molecule has 4 N–H and O–H groups in total. The van der Waals surface area contributed by atoms with Crippen molar-refractivity contribution < 1.29 is 9.53 Å². The van der Waals surface area contributed by atoms with Crippen LogP contribution in [0.5, 0.6) is 0 Å². The molecule has 7 heteroatoms. The molecule has 1 aliphatic heterocycles. The molecule has 124 valence electrons. The van der Waals surface area contributed by atoms with Gasteiger partial charge in [-0.1, -0.05) is 0 Å². The van der Waals surface area contributed by atoms with Gasteiger partial charge in [0, 0.05) is 38.6 Å². The molecule has 2 aromatic heterocycles. The number of methoxy groups -OCH3 is 1. The maximum absolute atomic E-state index is 11.9.